The number of hydrogen-bond donors (Lipinski definition) is 1. The molecular formula is C17H15N7O2S2. The van der Waals surface area contributed by atoms with E-state index in [1.165, 1.54) is 40.6 Å². The Morgan fingerprint density at radius 3 is 3.00 bits per heavy atom. The predicted octanol–water partition coefficient (Wildman–Crippen LogP) is 2.29. The summed E-state index contributed by atoms with van der Waals surface area (Å²) in [4.78, 5) is 28.5. The fourth-order valence-electron chi connectivity index (χ4n) is 2.60. The fourth-order valence-corrected chi connectivity index (χ4v) is 4.19. The van der Waals surface area contributed by atoms with Crippen molar-refractivity contribution in [2.75, 3.05) is 5.32 Å². The standard InChI is InChI=1S/C17H15N7O2S2/c1-10(25)19-12-4-3-5-14(6-12)23-9-18-21-17(23)27-8-13-7-15(26)24-16(20-13)28-11(2)22-24/h3-7,9H,8H2,1-2H3,(H,19,25). The SMILES string of the molecule is CC(=O)Nc1cccc(-n2cnnc2SCc2cc(=O)n3nc(C)sc3n2)c1. The van der Waals surface area contributed by atoms with E-state index in [-0.39, 0.29) is 11.5 Å². The zero-order valence-electron chi connectivity index (χ0n) is 15.0. The molecule has 0 bridgehead atoms. The van der Waals surface area contributed by atoms with Crippen LogP contribution >= 0.6 is 23.1 Å². The highest BCUT2D eigenvalue weighted by Crippen LogP contribution is 2.24. The van der Waals surface area contributed by atoms with Crippen molar-refractivity contribution in [3.8, 4) is 5.69 Å². The van der Waals surface area contributed by atoms with Crippen LogP contribution in [0.5, 0.6) is 0 Å². The minimum absolute atomic E-state index is 0.137. The Labute approximate surface area is 167 Å². The number of benzene rings is 1. The van der Waals surface area contributed by atoms with Crippen molar-refractivity contribution in [2.45, 2.75) is 24.8 Å². The summed E-state index contributed by atoms with van der Waals surface area (Å²) in [5.41, 5.74) is 1.96. The number of amides is 1. The molecule has 0 fully saturated rings. The largest absolute Gasteiger partial charge is 0.326 e. The summed E-state index contributed by atoms with van der Waals surface area (Å²) in [6.07, 6.45) is 1.60. The Kier molecular flexibility index (Phi) is 4.92. The number of carbonyl (C=O) groups is 1. The van der Waals surface area contributed by atoms with Gasteiger partial charge in [-0.05, 0) is 25.1 Å². The van der Waals surface area contributed by atoms with E-state index in [1.54, 1.807) is 6.33 Å². The van der Waals surface area contributed by atoms with Gasteiger partial charge in [-0.1, -0.05) is 29.2 Å². The highest BCUT2D eigenvalue weighted by molar-refractivity contribution is 7.98. The van der Waals surface area contributed by atoms with Gasteiger partial charge in [0.2, 0.25) is 10.9 Å². The van der Waals surface area contributed by atoms with Gasteiger partial charge in [0.25, 0.3) is 5.56 Å². The third-order valence-electron chi connectivity index (χ3n) is 3.71. The van der Waals surface area contributed by atoms with Crippen molar-refractivity contribution in [3.05, 3.63) is 57.7 Å². The second-order valence-corrected chi connectivity index (χ2v) is 8.01. The molecule has 0 saturated heterocycles. The van der Waals surface area contributed by atoms with E-state index in [0.29, 0.717) is 27.3 Å². The molecule has 1 aromatic carbocycles. The van der Waals surface area contributed by atoms with Crippen LogP contribution in [0.3, 0.4) is 0 Å². The summed E-state index contributed by atoms with van der Waals surface area (Å²) in [6.45, 7) is 3.30. The molecule has 1 N–H and O–H groups in total. The predicted molar refractivity (Wildman–Crippen MR) is 107 cm³/mol. The highest BCUT2D eigenvalue weighted by atomic mass is 32.2. The monoisotopic (exact) mass is 413 g/mol. The van der Waals surface area contributed by atoms with Crippen molar-refractivity contribution in [2.24, 2.45) is 0 Å². The molecule has 3 heterocycles. The van der Waals surface area contributed by atoms with E-state index in [4.69, 9.17) is 0 Å². The summed E-state index contributed by atoms with van der Waals surface area (Å²) >= 11 is 2.80. The normalized spacial score (nSPS) is 11.1. The Morgan fingerprint density at radius 2 is 2.18 bits per heavy atom. The molecular weight excluding hydrogens is 398 g/mol. The highest BCUT2D eigenvalue weighted by Gasteiger charge is 2.11. The van der Waals surface area contributed by atoms with Gasteiger partial charge in [0.1, 0.15) is 11.3 Å². The number of fused-ring (bicyclic) bond motifs is 1. The minimum atomic E-state index is -0.200. The molecule has 4 rings (SSSR count). The first-order valence-corrected chi connectivity index (χ1v) is 10.1. The zero-order valence-corrected chi connectivity index (χ0v) is 16.6. The van der Waals surface area contributed by atoms with Crippen LogP contribution in [0.4, 0.5) is 5.69 Å². The second kappa shape index (κ2) is 7.52. The summed E-state index contributed by atoms with van der Waals surface area (Å²) in [6, 6.07) is 8.88. The average Bonchev–Trinajstić information content (AvgIpc) is 3.25. The third-order valence-corrected chi connectivity index (χ3v) is 5.51. The van der Waals surface area contributed by atoms with Crippen LogP contribution in [-0.2, 0) is 10.5 Å². The second-order valence-electron chi connectivity index (χ2n) is 5.90. The lowest BCUT2D eigenvalue weighted by atomic mass is 10.2. The molecule has 11 heteroatoms. The number of rotatable bonds is 5. The molecule has 3 aromatic heterocycles. The van der Waals surface area contributed by atoms with E-state index < -0.39 is 0 Å². The number of nitrogens with zero attached hydrogens (tertiary/aromatic N) is 6. The van der Waals surface area contributed by atoms with E-state index >= 15 is 0 Å². The van der Waals surface area contributed by atoms with E-state index in [0.717, 1.165) is 10.7 Å². The molecule has 0 spiro atoms. The van der Waals surface area contributed by atoms with Gasteiger partial charge in [0, 0.05) is 24.4 Å². The molecule has 0 aliphatic carbocycles. The van der Waals surface area contributed by atoms with Crippen LogP contribution in [0.25, 0.3) is 10.6 Å². The van der Waals surface area contributed by atoms with Crippen molar-refractivity contribution >= 4 is 39.7 Å². The van der Waals surface area contributed by atoms with Crippen LogP contribution in [0.1, 0.15) is 17.6 Å². The van der Waals surface area contributed by atoms with E-state index in [9.17, 15) is 9.59 Å². The van der Waals surface area contributed by atoms with Crippen molar-refractivity contribution in [3.63, 3.8) is 0 Å². The van der Waals surface area contributed by atoms with Crippen LogP contribution in [-0.4, -0.2) is 35.3 Å². The molecule has 1 amide bonds. The lowest BCUT2D eigenvalue weighted by molar-refractivity contribution is -0.114. The topological polar surface area (TPSA) is 107 Å². The van der Waals surface area contributed by atoms with Crippen LogP contribution < -0.4 is 10.9 Å². The quantitative estimate of drug-likeness (QED) is 0.500. The Hall–Kier alpha value is -3.05. The molecule has 0 radical (unpaired) electrons. The molecule has 28 heavy (non-hydrogen) atoms. The molecule has 4 aromatic rings. The van der Waals surface area contributed by atoms with Gasteiger partial charge >= 0.3 is 0 Å². The fraction of sp³-hybridized carbons (Fsp3) is 0.176. The van der Waals surface area contributed by atoms with E-state index in [2.05, 4.69) is 25.6 Å². The van der Waals surface area contributed by atoms with Gasteiger partial charge in [0.05, 0.1) is 11.4 Å². The summed E-state index contributed by atoms with van der Waals surface area (Å²) in [5, 5.41) is 16.5. The van der Waals surface area contributed by atoms with Crippen LogP contribution in [0.15, 0.2) is 46.6 Å². The van der Waals surface area contributed by atoms with Gasteiger partial charge in [-0.25, -0.2) is 4.98 Å². The minimum Gasteiger partial charge on any atom is -0.326 e. The summed E-state index contributed by atoms with van der Waals surface area (Å²) in [7, 11) is 0. The number of thioether (sulfide) groups is 1. The van der Waals surface area contributed by atoms with Crippen molar-refractivity contribution in [1.29, 1.82) is 0 Å². The Balaban J connectivity index is 1.57. The zero-order chi connectivity index (χ0) is 19.7. The average molecular weight is 413 g/mol. The Bertz CT molecular complexity index is 1230. The van der Waals surface area contributed by atoms with Gasteiger partial charge in [-0.2, -0.15) is 9.61 Å². The third kappa shape index (κ3) is 3.80. The smallest absolute Gasteiger partial charge is 0.275 e. The summed E-state index contributed by atoms with van der Waals surface area (Å²) < 4.78 is 3.13. The van der Waals surface area contributed by atoms with Crippen molar-refractivity contribution < 1.29 is 4.79 Å². The number of hydrogen-bond acceptors (Lipinski definition) is 8. The lowest BCUT2D eigenvalue weighted by Gasteiger charge is -2.08. The number of aromatic nitrogens is 6. The van der Waals surface area contributed by atoms with E-state index in [1.807, 2.05) is 35.8 Å². The first-order chi connectivity index (χ1) is 13.5. The first kappa shape index (κ1) is 18.3. The van der Waals surface area contributed by atoms with Gasteiger partial charge in [-0.3, -0.25) is 14.2 Å². The van der Waals surface area contributed by atoms with Gasteiger partial charge in [0.15, 0.2) is 5.16 Å². The number of nitrogens with one attached hydrogen (secondary N) is 1. The molecule has 0 atom stereocenters. The number of aryl methyl sites for hydroxylation is 1. The maximum atomic E-state index is 12.2. The van der Waals surface area contributed by atoms with Gasteiger partial charge < -0.3 is 5.32 Å². The molecule has 9 nitrogen and oxygen atoms in total. The van der Waals surface area contributed by atoms with Crippen LogP contribution in [0.2, 0.25) is 0 Å². The Morgan fingerprint density at radius 1 is 1.32 bits per heavy atom. The molecule has 0 aliphatic rings. The first-order valence-electron chi connectivity index (χ1n) is 8.27. The molecule has 0 aliphatic heterocycles. The number of anilines is 1. The molecule has 142 valence electrons. The maximum Gasteiger partial charge on any atom is 0.275 e. The van der Waals surface area contributed by atoms with Crippen molar-refractivity contribution in [1.82, 2.24) is 29.4 Å². The summed E-state index contributed by atoms with van der Waals surface area (Å²) in [5.74, 6) is 0.328. The molecule has 0 unspecified atom stereocenters. The van der Waals surface area contributed by atoms with Gasteiger partial charge in [-0.15, -0.1) is 10.2 Å². The maximum absolute atomic E-state index is 12.2. The molecule has 0 saturated carbocycles. The number of carbonyl (C=O) groups excluding carboxylic acids is 1. The lowest BCUT2D eigenvalue weighted by Crippen LogP contribution is -2.15. The van der Waals surface area contributed by atoms with Crippen LogP contribution in [0, 0.1) is 6.92 Å².